The van der Waals surface area contributed by atoms with Crippen LogP contribution in [0.15, 0.2) is 42.5 Å². The van der Waals surface area contributed by atoms with Gasteiger partial charge in [-0.25, -0.2) is 9.78 Å². The summed E-state index contributed by atoms with van der Waals surface area (Å²) in [4.78, 5) is 34.9. The van der Waals surface area contributed by atoms with Crippen molar-refractivity contribution in [2.75, 3.05) is 12.4 Å². The zero-order chi connectivity index (χ0) is 26.3. The molecule has 1 aliphatic rings. The van der Waals surface area contributed by atoms with Gasteiger partial charge in [-0.15, -0.1) is 22.7 Å². The van der Waals surface area contributed by atoms with E-state index in [9.17, 15) is 9.59 Å². The highest BCUT2D eigenvalue weighted by molar-refractivity contribution is 7.17. The molecule has 3 heterocycles. The normalized spacial score (nSPS) is 15.4. The number of carbonyl (C=O) groups is 2. The van der Waals surface area contributed by atoms with E-state index in [1.807, 2.05) is 36.4 Å². The number of aromatic nitrogens is 1. The monoisotopic (exact) mass is 532 g/mol. The van der Waals surface area contributed by atoms with E-state index in [2.05, 4.69) is 39.1 Å². The number of carbonyl (C=O) groups excluding carboxylic acids is 2. The number of fused-ring (bicyclic) bond motifs is 2. The SMILES string of the molecule is CCC(C)(C)[C@H]1CCc2c(sc(NC(=O)c3cc(-c4ccc(C)s4)nc4ccccc34)c2C(=O)OC)C1. The van der Waals surface area contributed by atoms with Gasteiger partial charge in [0.05, 0.1) is 34.3 Å². The summed E-state index contributed by atoms with van der Waals surface area (Å²) in [5.74, 6) is -0.101. The Labute approximate surface area is 225 Å². The summed E-state index contributed by atoms with van der Waals surface area (Å²) in [5, 5.41) is 4.45. The van der Waals surface area contributed by atoms with E-state index in [-0.39, 0.29) is 11.3 Å². The number of thiophene rings is 2. The topological polar surface area (TPSA) is 68.3 Å². The number of para-hydroxylation sites is 1. The average molecular weight is 533 g/mol. The molecule has 1 amide bonds. The van der Waals surface area contributed by atoms with E-state index in [1.54, 1.807) is 11.3 Å². The van der Waals surface area contributed by atoms with Crippen LogP contribution in [0.4, 0.5) is 5.00 Å². The molecule has 0 spiro atoms. The number of nitrogens with zero attached hydrogens (tertiary/aromatic N) is 1. The lowest BCUT2D eigenvalue weighted by molar-refractivity contribution is 0.0600. The number of aryl methyl sites for hydroxylation is 1. The molecule has 192 valence electrons. The van der Waals surface area contributed by atoms with Crippen LogP contribution < -0.4 is 5.32 Å². The molecule has 1 N–H and O–H groups in total. The first-order valence-electron chi connectivity index (χ1n) is 12.7. The summed E-state index contributed by atoms with van der Waals surface area (Å²) >= 11 is 3.17. The van der Waals surface area contributed by atoms with Crippen molar-refractivity contribution in [1.82, 2.24) is 4.98 Å². The zero-order valence-corrected chi connectivity index (χ0v) is 23.6. The van der Waals surface area contributed by atoms with Gasteiger partial charge < -0.3 is 10.1 Å². The van der Waals surface area contributed by atoms with Crippen LogP contribution in [-0.2, 0) is 17.6 Å². The summed E-state index contributed by atoms with van der Waals surface area (Å²) in [6.45, 7) is 8.94. The molecule has 37 heavy (non-hydrogen) atoms. The Kier molecular flexibility index (Phi) is 6.94. The van der Waals surface area contributed by atoms with Crippen molar-refractivity contribution < 1.29 is 14.3 Å². The maximum atomic E-state index is 13.8. The van der Waals surface area contributed by atoms with E-state index in [1.165, 1.54) is 28.2 Å². The predicted octanol–water partition coefficient (Wildman–Crippen LogP) is 7.91. The average Bonchev–Trinajstić information content (AvgIpc) is 3.50. The number of nitrogens with one attached hydrogen (secondary N) is 1. The van der Waals surface area contributed by atoms with Gasteiger partial charge >= 0.3 is 5.97 Å². The number of methoxy groups -OCH3 is 1. The minimum Gasteiger partial charge on any atom is -0.465 e. The fraction of sp³-hybridized carbons (Fsp3) is 0.367. The maximum Gasteiger partial charge on any atom is 0.341 e. The Bertz CT molecular complexity index is 1500. The van der Waals surface area contributed by atoms with Gasteiger partial charge in [0.1, 0.15) is 5.00 Å². The van der Waals surface area contributed by atoms with Crippen molar-refractivity contribution in [1.29, 1.82) is 0 Å². The third kappa shape index (κ3) is 4.82. The molecule has 0 radical (unpaired) electrons. The molecule has 4 aromatic rings. The highest BCUT2D eigenvalue weighted by atomic mass is 32.1. The minimum absolute atomic E-state index is 0.225. The van der Waals surface area contributed by atoms with E-state index >= 15 is 0 Å². The van der Waals surface area contributed by atoms with Gasteiger partial charge in [0.15, 0.2) is 0 Å². The molecule has 0 saturated carbocycles. The second-order valence-electron chi connectivity index (χ2n) is 10.4. The number of anilines is 1. The van der Waals surface area contributed by atoms with Crippen LogP contribution in [0, 0.1) is 18.3 Å². The highest BCUT2D eigenvalue weighted by Gasteiger charge is 2.35. The zero-order valence-electron chi connectivity index (χ0n) is 21.9. The van der Waals surface area contributed by atoms with Gasteiger partial charge in [-0.2, -0.15) is 0 Å². The molecule has 5 rings (SSSR count). The van der Waals surface area contributed by atoms with Crippen molar-refractivity contribution >= 4 is 50.5 Å². The van der Waals surface area contributed by atoms with Crippen LogP contribution in [0.1, 0.15) is 69.6 Å². The Morgan fingerprint density at radius 1 is 1.16 bits per heavy atom. The van der Waals surface area contributed by atoms with Crippen LogP contribution in [0.3, 0.4) is 0 Å². The second kappa shape index (κ2) is 10.0. The molecule has 1 atom stereocenters. The molecular weight excluding hydrogens is 500 g/mol. The molecule has 0 bridgehead atoms. The first kappa shape index (κ1) is 25.6. The predicted molar refractivity (Wildman–Crippen MR) is 153 cm³/mol. The fourth-order valence-electron chi connectivity index (χ4n) is 5.18. The first-order valence-corrected chi connectivity index (χ1v) is 14.4. The fourth-order valence-corrected chi connectivity index (χ4v) is 7.32. The van der Waals surface area contributed by atoms with Gasteiger partial charge in [-0.05, 0) is 67.3 Å². The number of pyridine rings is 1. The lowest BCUT2D eigenvalue weighted by Crippen LogP contribution is -2.28. The van der Waals surface area contributed by atoms with Crippen LogP contribution in [-0.4, -0.2) is 24.0 Å². The lowest BCUT2D eigenvalue weighted by Gasteiger charge is -2.36. The van der Waals surface area contributed by atoms with E-state index in [0.717, 1.165) is 52.7 Å². The minimum atomic E-state index is -0.393. The van der Waals surface area contributed by atoms with Gasteiger partial charge in [0, 0.05) is 15.1 Å². The molecule has 1 aliphatic carbocycles. The number of hydrogen-bond acceptors (Lipinski definition) is 6. The smallest absolute Gasteiger partial charge is 0.341 e. The number of benzene rings is 1. The molecule has 1 aromatic carbocycles. The second-order valence-corrected chi connectivity index (χ2v) is 12.8. The highest BCUT2D eigenvalue weighted by Crippen LogP contribution is 2.46. The largest absolute Gasteiger partial charge is 0.465 e. The van der Waals surface area contributed by atoms with Crippen molar-refractivity contribution in [3.8, 4) is 10.6 Å². The molecule has 7 heteroatoms. The van der Waals surface area contributed by atoms with E-state index < -0.39 is 5.97 Å². The number of hydrogen-bond donors (Lipinski definition) is 1. The number of rotatable bonds is 6. The summed E-state index contributed by atoms with van der Waals surface area (Å²) < 4.78 is 5.16. The Morgan fingerprint density at radius 2 is 1.95 bits per heavy atom. The first-order chi connectivity index (χ1) is 17.7. The van der Waals surface area contributed by atoms with Crippen LogP contribution in [0.25, 0.3) is 21.5 Å². The van der Waals surface area contributed by atoms with Crippen LogP contribution in [0.2, 0.25) is 0 Å². The molecule has 0 unspecified atom stereocenters. The van der Waals surface area contributed by atoms with E-state index in [4.69, 9.17) is 9.72 Å². The van der Waals surface area contributed by atoms with Gasteiger partial charge in [-0.3, -0.25) is 4.79 Å². The third-order valence-electron chi connectivity index (χ3n) is 7.85. The summed E-state index contributed by atoms with van der Waals surface area (Å²) in [6.07, 6.45) is 3.87. The Hall–Kier alpha value is -3.03. The van der Waals surface area contributed by atoms with Crippen molar-refractivity contribution in [3.05, 3.63) is 68.9 Å². The standard InChI is InChI=1S/C30H32N2O3S2/c1-6-30(3,4)18-12-13-20-25(15-18)37-28(26(20)29(34)35-5)32-27(33)21-16-23(24-14-11-17(2)36-24)31-22-10-8-7-9-19(21)22/h7-11,14,16,18H,6,12-13,15H2,1-5H3,(H,32,33)/t18-/m0/s1. The summed E-state index contributed by atoms with van der Waals surface area (Å²) in [7, 11) is 1.40. The van der Waals surface area contributed by atoms with Gasteiger partial charge in [0.25, 0.3) is 5.91 Å². The van der Waals surface area contributed by atoms with Gasteiger partial charge in [0.2, 0.25) is 0 Å². The van der Waals surface area contributed by atoms with Gasteiger partial charge in [-0.1, -0.05) is 45.4 Å². The third-order valence-corrected chi connectivity index (χ3v) is 10.0. The molecule has 0 fully saturated rings. The summed E-state index contributed by atoms with van der Waals surface area (Å²) in [6, 6.07) is 13.6. The molecule has 0 saturated heterocycles. The van der Waals surface area contributed by atoms with Crippen molar-refractivity contribution in [3.63, 3.8) is 0 Å². The van der Waals surface area contributed by atoms with E-state index in [0.29, 0.717) is 22.0 Å². The molecule has 0 aliphatic heterocycles. The quantitative estimate of drug-likeness (QED) is 0.256. The van der Waals surface area contributed by atoms with Crippen molar-refractivity contribution in [2.24, 2.45) is 11.3 Å². The molecular formula is C30H32N2O3S2. The van der Waals surface area contributed by atoms with Crippen molar-refractivity contribution in [2.45, 2.75) is 53.4 Å². The number of ether oxygens (including phenoxy) is 1. The maximum absolute atomic E-state index is 13.8. The molecule has 5 nitrogen and oxygen atoms in total. The summed E-state index contributed by atoms with van der Waals surface area (Å²) in [5.41, 5.74) is 3.84. The Balaban J connectivity index is 1.55. The van der Waals surface area contributed by atoms with Crippen LogP contribution >= 0.6 is 22.7 Å². The lowest BCUT2D eigenvalue weighted by atomic mass is 9.69. The molecule has 3 aromatic heterocycles. The Morgan fingerprint density at radius 3 is 2.65 bits per heavy atom. The van der Waals surface area contributed by atoms with Crippen LogP contribution in [0.5, 0.6) is 0 Å². The number of esters is 1. The number of amides is 1.